The van der Waals surface area contributed by atoms with E-state index in [2.05, 4.69) is 29.2 Å². The molecule has 3 aliphatic rings. The van der Waals surface area contributed by atoms with E-state index in [0.29, 0.717) is 5.56 Å². The highest BCUT2D eigenvalue weighted by atomic mass is 16.5. The highest BCUT2D eigenvalue weighted by Crippen LogP contribution is 2.43. The fourth-order valence-corrected chi connectivity index (χ4v) is 4.66. The van der Waals surface area contributed by atoms with E-state index in [1.165, 1.54) is 37.9 Å². The quantitative estimate of drug-likeness (QED) is 0.802. The Bertz CT molecular complexity index is 853. The maximum Gasteiger partial charge on any atom is 0.124 e. The molecule has 0 bridgehead atoms. The predicted molar refractivity (Wildman–Crippen MR) is 102 cm³/mol. The van der Waals surface area contributed by atoms with Crippen LogP contribution in [-0.4, -0.2) is 29.6 Å². The summed E-state index contributed by atoms with van der Waals surface area (Å²) in [5, 5.41) is 8.97. The minimum absolute atomic E-state index is 0.0197. The lowest BCUT2D eigenvalue weighted by Gasteiger charge is -2.45. The summed E-state index contributed by atoms with van der Waals surface area (Å²) < 4.78 is 6.54. The predicted octanol–water partition coefficient (Wildman–Crippen LogP) is 4.55. The van der Waals surface area contributed by atoms with Crippen LogP contribution in [0.2, 0.25) is 0 Å². The van der Waals surface area contributed by atoms with Gasteiger partial charge in [0.05, 0.1) is 11.6 Å². The molecule has 2 aromatic carbocycles. The number of benzene rings is 2. The van der Waals surface area contributed by atoms with Crippen LogP contribution >= 0.6 is 0 Å². The molecule has 1 aliphatic carbocycles. The standard InChI is InChI=1S/C23H24N2O/c24-16-17-4-6-18(7-5-17)19-8-9-20-15-23(26-22(20)14-19)10-12-25(13-11-23)21-2-1-3-21/h4-9,14,21H,1-3,10-13,15H2. The summed E-state index contributed by atoms with van der Waals surface area (Å²) in [5.74, 6) is 1.06. The van der Waals surface area contributed by atoms with Gasteiger partial charge in [-0.2, -0.15) is 5.26 Å². The van der Waals surface area contributed by atoms with E-state index in [0.717, 1.165) is 42.2 Å². The molecule has 3 nitrogen and oxygen atoms in total. The Morgan fingerprint density at radius 1 is 1.00 bits per heavy atom. The molecule has 2 heterocycles. The number of likely N-dealkylation sites (tertiary alicyclic amines) is 1. The van der Waals surface area contributed by atoms with Crippen LogP contribution in [0.1, 0.15) is 43.2 Å². The minimum atomic E-state index is 0.0197. The Balaban J connectivity index is 1.33. The SMILES string of the molecule is N#Cc1ccc(-c2ccc3c(c2)OC2(CCN(C4CCC4)CC2)C3)cc1. The minimum Gasteiger partial charge on any atom is -0.487 e. The van der Waals surface area contributed by atoms with E-state index >= 15 is 0 Å². The Labute approximate surface area is 155 Å². The number of nitriles is 1. The first-order chi connectivity index (χ1) is 12.7. The Morgan fingerprint density at radius 2 is 1.73 bits per heavy atom. The van der Waals surface area contributed by atoms with Crippen molar-refractivity contribution < 1.29 is 4.74 Å². The van der Waals surface area contributed by atoms with Gasteiger partial charge in [-0.15, -0.1) is 0 Å². The van der Waals surface area contributed by atoms with Gasteiger partial charge in [-0.1, -0.05) is 30.7 Å². The van der Waals surface area contributed by atoms with Gasteiger partial charge in [0, 0.05) is 38.4 Å². The maximum absolute atomic E-state index is 8.97. The summed E-state index contributed by atoms with van der Waals surface area (Å²) in [6.07, 6.45) is 7.53. The van der Waals surface area contributed by atoms with E-state index in [-0.39, 0.29) is 5.60 Å². The second-order valence-electron chi connectivity index (χ2n) is 8.09. The number of piperidine rings is 1. The summed E-state index contributed by atoms with van der Waals surface area (Å²) in [6, 6.07) is 17.4. The molecule has 0 unspecified atom stereocenters. The molecule has 0 radical (unpaired) electrons. The van der Waals surface area contributed by atoms with Gasteiger partial charge >= 0.3 is 0 Å². The average molecular weight is 344 g/mol. The van der Waals surface area contributed by atoms with E-state index in [1.807, 2.05) is 24.3 Å². The molecule has 2 aromatic rings. The fourth-order valence-electron chi connectivity index (χ4n) is 4.66. The summed E-state index contributed by atoms with van der Waals surface area (Å²) in [6.45, 7) is 2.36. The molecule has 0 amide bonds. The van der Waals surface area contributed by atoms with Crippen LogP contribution in [0.25, 0.3) is 11.1 Å². The van der Waals surface area contributed by atoms with Crippen molar-refractivity contribution >= 4 is 0 Å². The number of hydrogen-bond donors (Lipinski definition) is 0. The molecule has 0 atom stereocenters. The first kappa shape index (κ1) is 15.9. The van der Waals surface area contributed by atoms with Crippen LogP contribution in [-0.2, 0) is 6.42 Å². The number of rotatable bonds is 2. The number of fused-ring (bicyclic) bond motifs is 1. The lowest BCUT2D eigenvalue weighted by molar-refractivity contribution is -0.00745. The topological polar surface area (TPSA) is 36.3 Å². The molecule has 0 N–H and O–H groups in total. The van der Waals surface area contributed by atoms with E-state index in [1.54, 1.807) is 0 Å². The first-order valence-electron chi connectivity index (χ1n) is 9.81. The van der Waals surface area contributed by atoms with Crippen molar-refractivity contribution in [3.8, 4) is 22.9 Å². The second kappa shape index (κ2) is 6.14. The molecular weight excluding hydrogens is 320 g/mol. The lowest BCUT2D eigenvalue weighted by atomic mass is 9.83. The summed E-state index contributed by atoms with van der Waals surface area (Å²) in [4.78, 5) is 2.68. The van der Waals surface area contributed by atoms with Gasteiger partial charge in [-0.25, -0.2) is 0 Å². The van der Waals surface area contributed by atoms with Crippen molar-refractivity contribution in [2.24, 2.45) is 0 Å². The fraction of sp³-hybridized carbons (Fsp3) is 0.435. The zero-order chi connectivity index (χ0) is 17.6. The summed E-state index contributed by atoms with van der Waals surface area (Å²) >= 11 is 0. The van der Waals surface area contributed by atoms with Gasteiger partial charge < -0.3 is 9.64 Å². The molecule has 0 aromatic heterocycles. The van der Waals surface area contributed by atoms with Crippen LogP contribution in [0.4, 0.5) is 0 Å². The van der Waals surface area contributed by atoms with Crippen molar-refractivity contribution in [3.05, 3.63) is 53.6 Å². The third-order valence-electron chi connectivity index (χ3n) is 6.55. The molecule has 2 aliphatic heterocycles. The molecule has 5 rings (SSSR count). The van der Waals surface area contributed by atoms with E-state index in [9.17, 15) is 0 Å². The van der Waals surface area contributed by atoms with Crippen LogP contribution < -0.4 is 4.74 Å². The molecule has 1 saturated heterocycles. The van der Waals surface area contributed by atoms with Gasteiger partial charge in [-0.3, -0.25) is 0 Å². The zero-order valence-corrected chi connectivity index (χ0v) is 15.1. The van der Waals surface area contributed by atoms with Crippen LogP contribution in [0.3, 0.4) is 0 Å². The van der Waals surface area contributed by atoms with Crippen molar-refractivity contribution in [3.63, 3.8) is 0 Å². The van der Waals surface area contributed by atoms with Crippen molar-refractivity contribution in [2.75, 3.05) is 13.1 Å². The molecule has 1 spiro atoms. The Hall–Kier alpha value is -2.31. The smallest absolute Gasteiger partial charge is 0.124 e. The van der Waals surface area contributed by atoms with Crippen LogP contribution in [0.15, 0.2) is 42.5 Å². The van der Waals surface area contributed by atoms with Gasteiger partial charge in [0.1, 0.15) is 11.4 Å². The van der Waals surface area contributed by atoms with Crippen molar-refractivity contribution in [2.45, 2.75) is 50.2 Å². The molecule has 1 saturated carbocycles. The zero-order valence-electron chi connectivity index (χ0n) is 15.1. The Morgan fingerprint density at radius 3 is 2.38 bits per heavy atom. The lowest BCUT2D eigenvalue weighted by Crippen LogP contribution is -2.52. The third kappa shape index (κ3) is 2.70. The third-order valence-corrected chi connectivity index (χ3v) is 6.55. The number of nitrogens with zero attached hydrogens (tertiary/aromatic N) is 2. The number of hydrogen-bond acceptors (Lipinski definition) is 3. The highest BCUT2D eigenvalue weighted by molar-refractivity contribution is 5.67. The van der Waals surface area contributed by atoms with Gasteiger partial charge in [0.25, 0.3) is 0 Å². The molecule has 132 valence electrons. The van der Waals surface area contributed by atoms with E-state index in [4.69, 9.17) is 10.00 Å². The second-order valence-corrected chi connectivity index (χ2v) is 8.09. The molecular formula is C23H24N2O. The van der Waals surface area contributed by atoms with Crippen molar-refractivity contribution in [1.82, 2.24) is 4.90 Å². The van der Waals surface area contributed by atoms with E-state index < -0.39 is 0 Å². The van der Waals surface area contributed by atoms with Gasteiger partial charge in [-0.05, 0) is 47.7 Å². The van der Waals surface area contributed by atoms with Crippen LogP contribution in [0.5, 0.6) is 5.75 Å². The highest BCUT2D eigenvalue weighted by Gasteiger charge is 2.43. The van der Waals surface area contributed by atoms with Crippen molar-refractivity contribution in [1.29, 1.82) is 5.26 Å². The van der Waals surface area contributed by atoms with Crippen LogP contribution in [0, 0.1) is 11.3 Å². The summed E-state index contributed by atoms with van der Waals surface area (Å²) in [5.41, 5.74) is 4.36. The summed E-state index contributed by atoms with van der Waals surface area (Å²) in [7, 11) is 0. The van der Waals surface area contributed by atoms with Gasteiger partial charge in [0.2, 0.25) is 0 Å². The average Bonchev–Trinajstić information content (AvgIpc) is 2.99. The normalized spacial score (nSPS) is 21.7. The first-order valence-corrected chi connectivity index (χ1v) is 9.81. The largest absolute Gasteiger partial charge is 0.487 e. The molecule has 3 heteroatoms. The molecule has 2 fully saturated rings. The monoisotopic (exact) mass is 344 g/mol. The number of ether oxygens (including phenoxy) is 1. The van der Waals surface area contributed by atoms with Gasteiger partial charge in [0.15, 0.2) is 0 Å². The Kier molecular flexibility index (Phi) is 3.76. The maximum atomic E-state index is 8.97. The molecule has 26 heavy (non-hydrogen) atoms.